The van der Waals surface area contributed by atoms with Gasteiger partial charge in [-0.3, -0.25) is 10.1 Å². The number of benzene rings is 2. The number of hydrogen-bond donors (Lipinski definition) is 1. The van der Waals surface area contributed by atoms with Crippen LogP contribution in [0.4, 0.5) is 28.7 Å². The van der Waals surface area contributed by atoms with Crippen LogP contribution in [0.2, 0.25) is 0 Å². The second-order valence-corrected chi connectivity index (χ2v) is 6.04. The molecule has 0 spiro atoms. The molecule has 8 heteroatoms. The number of para-hydroxylation sites is 1. The standard InChI is InChI=1S/C19H17N5O3/c1-27-15-8-6-14(7-9-15)22-18-17(24(25)26)19(21-12-20-18)23-11-10-13-4-2-3-5-16(13)23/h2-9,12H,10-11H2,1H3,(H,20,21,22). The van der Waals surface area contributed by atoms with Crippen LogP contribution in [0.3, 0.4) is 0 Å². The smallest absolute Gasteiger partial charge is 0.354 e. The van der Waals surface area contributed by atoms with Crippen molar-refractivity contribution in [1.82, 2.24) is 9.97 Å². The summed E-state index contributed by atoms with van der Waals surface area (Å²) >= 11 is 0. The van der Waals surface area contributed by atoms with E-state index >= 15 is 0 Å². The van der Waals surface area contributed by atoms with Gasteiger partial charge in [0.1, 0.15) is 12.1 Å². The van der Waals surface area contributed by atoms with E-state index in [0.29, 0.717) is 18.0 Å². The Kier molecular flexibility index (Phi) is 4.29. The lowest BCUT2D eigenvalue weighted by atomic mass is 10.2. The zero-order chi connectivity index (χ0) is 18.8. The summed E-state index contributed by atoms with van der Waals surface area (Å²) in [6.45, 7) is 0.638. The van der Waals surface area contributed by atoms with Crippen molar-refractivity contribution in [3.63, 3.8) is 0 Å². The summed E-state index contributed by atoms with van der Waals surface area (Å²) < 4.78 is 5.13. The van der Waals surface area contributed by atoms with Crippen LogP contribution in [0, 0.1) is 10.1 Å². The highest BCUT2D eigenvalue weighted by Crippen LogP contribution is 2.40. The molecule has 0 saturated carbocycles. The van der Waals surface area contributed by atoms with Gasteiger partial charge in [-0.1, -0.05) is 18.2 Å². The Morgan fingerprint density at radius 2 is 1.93 bits per heavy atom. The molecule has 0 amide bonds. The minimum Gasteiger partial charge on any atom is -0.497 e. The Morgan fingerprint density at radius 3 is 2.67 bits per heavy atom. The Balaban J connectivity index is 1.74. The van der Waals surface area contributed by atoms with Crippen LogP contribution in [-0.2, 0) is 6.42 Å². The number of methoxy groups -OCH3 is 1. The fourth-order valence-electron chi connectivity index (χ4n) is 3.20. The quantitative estimate of drug-likeness (QED) is 0.544. The first-order valence-electron chi connectivity index (χ1n) is 8.43. The highest BCUT2D eigenvalue weighted by Gasteiger charge is 2.31. The van der Waals surface area contributed by atoms with Gasteiger partial charge in [-0.05, 0) is 42.3 Å². The van der Waals surface area contributed by atoms with Crippen LogP contribution in [0.15, 0.2) is 54.9 Å². The lowest BCUT2D eigenvalue weighted by Crippen LogP contribution is -2.17. The van der Waals surface area contributed by atoms with Crippen LogP contribution >= 0.6 is 0 Å². The summed E-state index contributed by atoms with van der Waals surface area (Å²) in [5.74, 6) is 1.14. The van der Waals surface area contributed by atoms with Crippen molar-refractivity contribution in [2.45, 2.75) is 6.42 Å². The molecule has 136 valence electrons. The van der Waals surface area contributed by atoms with Crippen molar-refractivity contribution < 1.29 is 9.66 Å². The molecule has 1 aromatic heterocycles. The van der Waals surface area contributed by atoms with Crippen LogP contribution in [0.25, 0.3) is 0 Å². The molecule has 4 rings (SSSR count). The van der Waals surface area contributed by atoms with E-state index in [9.17, 15) is 10.1 Å². The van der Waals surface area contributed by atoms with E-state index in [2.05, 4.69) is 15.3 Å². The van der Waals surface area contributed by atoms with Gasteiger partial charge >= 0.3 is 5.69 Å². The number of rotatable bonds is 5. The Hall–Kier alpha value is -3.68. The largest absolute Gasteiger partial charge is 0.497 e. The number of fused-ring (bicyclic) bond motifs is 1. The topological polar surface area (TPSA) is 93.4 Å². The number of anilines is 4. The monoisotopic (exact) mass is 363 g/mol. The van der Waals surface area contributed by atoms with E-state index in [4.69, 9.17) is 4.74 Å². The predicted octanol–water partition coefficient (Wildman–Crippen LogP) is 3.83. The third-order valence-corrected chi connectivity index (χ3v) is 4.48. The number of nitrogens with zero attached hydrogens (tertiary/aromatic N) is 4. The molecule has 0 atom stereocenters. The molecule has 8 nitrogen and oxygen atoms in total. The number of nitro groups is 1. The number of hydrogen-bond acceptors (Lipinski definition) is 7. The molecule has 3 aromatic rings. The summed E-state index contributed by atoms with van der Waals surface area (Å²) in [6, 6.07) is 14.9. The third-order valence-electron chi connectivity index (χ3n) is 4.48. The second-order valence-electron chi connectivity index (χ2n) is 6.04. The Bertz CT molecular complexity index is 991. The van der Waals surface area contributed by atoms with Gasteiger partial charge in [0.25, 0.3) is 0 Å². The fourth-order valence-corrected chi connectivity index (χ4v) is 3.20. The third kappa shape index (κ3) is 3.12. The lowest BCUT2D eigenvalue weighted by Gasteiger charge is -2.19. The maximum Gasteiger partial charge on any atom is 0.354 e. The molecule has 2 aromatic carbocycles. The first-order valence-corrected chi connectivity index (χ1v) is 8.43. The number of aromatic nitrogens is 2. The molecule has 27 heavy (non-hydrogen) atoms. The zero-order valence-corrected chi connectivity index (χ0v) is 14.6. The maximum atomic E-state index is 11.8. The first kappa shape index (κ1) is 16.8. The molecule has 1 N–H and O–H groups in total. The highest BCUT2D eigenvalue weighted by molar-refractivity contribution is 5.80. The fraction of sp³-hybridized carbons (Fsp3) is 0.158. The van der Waals surface area contributed by atoms with Crippen LogP contribution in [0.1, 0.15) is 5.56 Å². The van der Waals surface area contributed by atoms with E-state index in [1.54, 1.807) is 31.4 Å². The van der Waals surface area contributed by atoms with Gasteiger partial charge in [0.15, 0.2) is 0 Å². The first-order chi connectivity index (χ1) is 13.2. The van der Waals surface area contributed by atoms with E-state index in [0.717, 1.165) is 17.7 Å². The SMILES string of the molecule is COc1ccc(Nc2ncnc(N3CCc4ccccc43)c2[N+](=O)[O-])cc1. The van der Waals surface area contributed by atoms with Gasteiger partial charge in [0, 0.05) is 17.9 Å². The summed E-state index contributed by atoms with van der Waals surface area (Å²) in [6.07, 6.45) is 2.16. The van der Waals surface area contributed by atoms with Crippen LogP contribution in [0.5, 0.6) is 5.75 Å². The lowest BCUT2D eigenvalue weighted by molar-refractivity contribution is -0.383. The van der Waals surface area contributed by atoms with E-state index in [1.807, 2.05) is 29.2 Å². The highest BCUT2D eigenvalue weighted by atomic mass is 16.6. The van der Waals surface area contributed by atoms with Crippen molar-refractivity contribution >= 4 is 28.7 Å². The van der Waals surface area contributed by atoms with Gasteiger partial charge < -0.3 is 15.0 Å². The summed E-state index contributed by atoms with van der Waals surface area (Å²) in [5.41, 5.74) is 2.61. The Labute approximate surface area is 155 Å². The van der Waals surface area contributed by atoms with Gasteiger partial charge in [0.2, 0.25) is 11.6 Å². The van der Waals surface area contributed by atoms with E-state index in [1.165, 1.54) is 6.33 Å². The number of ether oxygens (including phenoxy) is 1. The second kappa shape index (κ2) is 6.91. The van der Waals surface area contributed by atoms with Crippen molar-refractivity contribution in [2.75, 3.05) is 23.9 Å². The zero-order valence-electron chi connectivity index (χ0n) is 14.6. The average Bonchev–Trinajstić information content (AvgIpc) is 3.12. The van der Waals surface area contributed by atoms with Crippen molar-refractivity contribution in [3.05, 3.63) is 70.5 Å². The molecule has 0 saturated heterocycles. The molecule has 0 fully saturated rings. The average molecular weight is 363 g/mol. The molecule has 1 aliphatic heterocycles. The maximum absolute atomic E-state index is 11.8. The molecule has 2 heterocycles. The normalized spacial score (nSPS) is 12.6. The summed E-state index contributed by atoms with van der Waals surface area (Å²) in [5, 5.41) is 14.9. The van der Waals surface area contributed by atoms with Gasteiger partial charge in [0.05, 0.1) is 12.0 Å². The van der Waals surface area contributed by atoms with E-state index < -0.39 is 4.92 Å². The molecule has 0 unspecified atom stereocenters. The van der Waals surface area contributed by atoms with Gasteiger partial charge in [-0.25, -0.2) is 9.97 Å². The summed E-state index contributed by atoms with van der Waals surface area (Å²) in [7, 11) is 1.58. The van der Waals surface area contributed by atoms with Crippen LogP contribution in [-0.4, -0.2) is 28.5 Å². The van der Waals surface area contributed by atoms with Crippen LogP contribution < -0.4 is 15.0 Å². The molecule has 1 aliphatic rings. The molecule has 0 bridgehead atoms. The minimum absolute atomic E-state index is 0.148. The van der Waals surface area contributed by atoms with E-state index in [-0.39, 0.29) is 17.3 Å². The van der Waals surface area contributed by atoms with Gasteiger partial charge in [-0.15, -0.1) is 0 Å². The molecule has 0 aliphatic carbocycles. The minimum atomic E-state index is -0.442. The molecular weight excluding hydrogens is 346 g/mol. The van der Waals surface area contributed by atoms with Gasteiger partial charge in [-0.2, -0.15) is 0 Å². The van der Waals surface area contributed by atoms with Crippen molar-refractivity contribution in [3.8, 4) is 5.75 Å². The van der Waals surface area contributed by atoms with Crippen molar-refractivity contribution in [1.29, 1.82) is 0 Å². The molecular formula is C19H17N5O3. The molecule has 0 radical (unpaired) electrons. The van der Waals surface area contributed by atoms with Crippen molar-refractivity contribution in [2.24, 2.45) is 0 Å². The number of nitrogens with one attached hydrogen (secondary N) is 1. The Morgan fingerprint density at radius 1 is 1.15 bits per heavy atom. The summed E-state index contributed by atoms with van der Waals surface area (Å²) in [4.78, 5) is 21.6. The predicted molar refractivity (Wildman–Crippen MR) is 102 cm³/mol.